The molecule has 1 amide bonds. The maximum atomic E-state index is 13.2. The van der Waals surface area contributed by atoms with Crippen LogP contribution in [0.2, 0.25) is 0 Å². The van der Waals surface area contributed by atoms with Crippen LogP contribution in [0.25, 0.3) is 11.3 Å². The second-order valence-corrected chi connectivity index (χ2v) is 7.20. The van der Waals surface area contributed by atoms with Gasteiger partial charge in [-0.1, -0.05) is 30.3 Å². The average Bonchev–Trinajstić information content (AvgIpc) is 3.43. The molecule has 0 spiro atoms. The summed E-state index contributed by atoms with van der Waals surface area (Å²) in [5, 5.41) is 15.2. The van der Waals surface area contributed by atoms with Crippen LogP contribution in [0.1, 0.15) is 11.4 Å². The number of hydrogen-bond donors (Lipinski definition) is 0. The number of nitriles is 1. The summed E-state index contributed by atoms with van der Waals surface area (Å²) in [6, 6.07) is 17.5. The van der Waals surface area contributed by atoms with Crippen LogP contribution < -0.4 is 4.90 Å². The van der Waals surface area contributed by atoms with Gasteiger partial charge in [-0.25, -0.2) is 19.0 Å². The molecular weight excluding hydrogens is 403 g/mol. The molecule has 0 saturated carbocycles. The Morgan fingerprint density at radius 3 is 2.63 bits per heavy atom. The highest BCUT2D eigenvalue weighted by molar-refractivity contribution is 7.14. The predicted octanol–water partition coefficient (Wildman–Crippen LogP) is 3.65. The van der Waals surface area contributed by atoms with Crippen molar-refractivity contribution >= 4 is 22.4 Å². The zero-order valence-corrected chi connectivity index (χ0v) is 16.5. The van der Waals surface area contributed by atoms with Crippen LogP contribution in [-0.2, 0) is 17.9 Å². The Kier molecular flexibility index (Phi) is 5.59. The first kappa shape index (κ1) is 19.4. The van der Waals surface area contributed by atoms with E-state index in [0.29, 0.717) is 17.4 Å². The molecule has 0 aliphatic carbocycles. The van der Waals surface area contributed by atoms with Crippen LogP contribution in [0.3, 0.4) is 0 Å². The molecular formula is C21H15FN6OS. The van der Waals surface area contributed by atoms with Crippen LogP contribution in [0.15, 0.2) is 66.3 Å². The molecule has 0 atom stereocenters. The Labute approximate surface area is 175 Å². The summed E-state index contributed by atoms with van der Waals surface area (Å²) in [7, 11) is 0. The average molecular weight is 418 g/mol. The Balaban J connectivity index is 1.62. The second kappa shape index (κ2) is 8.63. The lowest BCUT2D eigenvalue weighted by Crippen LogP contribution is -2.33. The molecule has 148 valence electrons. The van der Waals surface area contributed by atoms with Gasteiger partial charge in [-0.05, 0) is 29.8 Å². The fraction of sp³-hybridized carbons (Fsp3) is 0.0952. The summed E-state index contributed by atoms with van der Waals surface area (Å²) in [6.07, 6.45) is 1.35. The highest BCUT2D eigenvalue weighted by Crippen LogP contribution is 2.29. The van der Waals surface area contributed by atoms with Crippen molar-refractivity contribution in [3.8, 4) is 17.3 Å². The first-order chi connectivity index (χ1) is 14.6. The molecule has 0 radical (unpaired) electrons. The van der Waals surface area contributed by atoms with Crippen molar-refractivity contribution in [1.82, 2.24) is 19.7 Å². The molecule has 0 unspecified atom stereocenters. The number of nitrogens with zero attached hydrogens (tertiary/aromatic N) is 6. The van der Waals surface area contributed by atoms with E-state index in [1.54, 1.807) is 17.0 Å². The van der Waals surface area contributed by atoms with E-state index >= 15 is 0 Å². The number of benzene rings is 2. The number of anilines is 1. The fourth-order valence-corrected chi connectivity index (χ4v) is 3.67. The van der Waals surface area contributed by atoms with Gasteiger partial charge in [0, 0.05) is 10.9 Å². The summed E-state index contributed by atoms with van der Waals surface area (Å²) < 4.78 is 14.5. The third-order valence-corrected chi connectivity index (χ3v) is 5.14. The summed E-state index contributed by atoms with van der Waals surface area (Å²) in [5.41, 5.74) is 2.37. The number of halogens is 1. The van der Waals surface area contributed by atoms with Crippen molar-refractivity contribution in [2.24, 2.45) is 0 Å². The molecule has 4 rings (SSSR count). The third-order valence-electron chi connectivity index (χ3n) is 4.28. The van der Waals surface area contributed by atoms with Crippen LogP contribution in [0.5, 0.6) is 0 Å². The van der Waals surface area contributed by atoms with Crippen LogP contribution in [0.4, 0.5) is 9.52 Å². The van der Waals surface area contributed by atoms with E-state index in [1.807, 2.05) is 41.8 Å². The van der Waals surface area contributed by atoms with E-state index in [-0.39, 0.29) is 24.1 Å². The molecule has 7 nitrogen and oxygen atoms in total. The lowest BCUT2D eigenvalue weighted by Gasteiger charge is -2.20. The van der Waals surface area contributed by atoms with E-state index in [4.69, 9.17) is 5.26 Å². The molecule has 0 aliphatic heterocycles. The molecule has 4 aromatic rings. The molecule has 2 heterocycles. The van der Waals surface area contributed by atoms with Crippen LogP contribution in [-0.4, -0.2) is 25.7 Å². The van der Waals surface area contributed by atoms with Gasteiger partial charge in [-0.3, -0.25) is 9.69 Å². The maximum absolute atomic E-state index is 13.2. The first-order valence-corrected chi connectivity index (χ1v) is 9.85. The number of carbonyl (C=O) groups excluding carboxylic acids is 1. The molecule has 0 fully saturated rings. The van der Waals surface area contributed by atoms with Gasteiger partial charge in [0.2, 0.25) is 0 Å². The minimum absolute atomic E-state index is 0.00486. The van der Waals surface area contributed by atoms with Crippen molar-refractivity contribution in [3.63, 3.8) is 0 Å². The van der Waals surface area contributed by atoms with E-state index in [1.165, 1.54) is 34.5 Å². The second-order valence-electron chi connectivity index (χ2n) is 6.37. The fourth-order valence-electron chi connectivity index (χ4n) is 2.82. The summed E-state index contributed by atoms with van der Waals surface area (Å²) in [4.78, 5) is 23.1. The zero-order valence-electron chi connectivity index (χ0n) is 15.6. The van der Waals surface area contributed by atoms with Gasteiger partial charge < -0.3 is 0 Å². The SMILES string of the molecule is N#Cc1ncn(CC(=O)N(Cc2ccccc2)c2nc(-c3ccc(F)cc3)cs2)n1. The Hall–Kier alpha value is -3.90. The van der Waals surface area contributed by atoms with Crippen molar-refractivity contribution < 1.29 is 9.18 Å². The van der Waals surface area contributed by atoms with Crippen molar-refractivity contribution in [1.29, 1.82) is 5.26 Å². The van der Waals surface area contributed by atoms with E-state index in [9.17, 15) is 9.18 Å². The monoisotopic (exact) mass is 418 g/mol. The number of aromatic nitrogens is 4. The quantitative estimate of drug-likeness (QED) is 0.477. The van der Waals surface area contributed by atoms with Gasteiger partial charge >= 0.3 is 0 Å². The Morgan fingerprint density at radius 2 is 1.93 bits per heavy atom. The normalized spacial score (nSPS) is 10.5. The molecule has 2 aromatic carbocycles. The molecule has 0 N–H and O–H groups in total. The van der Waals surface area contributed by atoms with Crippen LogP contribution in [0, 0.1) is 17.1 Å². The van der Waals surface area contributed by atoms with Gasteiger partial charge in [0.1, 0.15) is 24.8 Å². The standard InChI is InChI=1S/C21H15FN6OS/c22-17-8-6-16(7-9-17)18-13-30-21(25-18)28(11-15-4-2-1-3-5-15)20(29)12-27-14-24-19(10-23)26-27/h1-9,13-14H,11-12H2. The first-order valence-electron chi connectivity index (χ1n) is 8.97. The van der Waals surface area contributed by atoms with E-state index in [0.717, 1.165) is 11.1 Å². The summed E-state index contributed by atoms with van der Waals surface area (Å²) >= 11 is 1.33. The smallest absolute Gasteiger partial charge is 0.252 e. The summed E-state index contributed by atoms with van der Waals surface area (Å²) in [5.74, 6) is -0.557. The van der Waals surface area contributed by atoms with Crippen molar-refractivity contribution in [2.45, 2.75) is 13.1 Å². The summed E-state index contributed by atoms with van der Waals surface area (Å²) in [6.45, 7) is 0.253. The zero-order chi connectivity index (χ0) is 20.9. The number of hydrogen-bond acceptors (Lipinski definition) is 6. The Morgan fingerprint density at radius 1 is 1.17 bits per heavy atom. The lowest BCUT2D eigenvalue weighted by molar-refractivity contribution is -0.119. The van der Waals surface area contributed by atoms with Crippen molar-refractivity contribution in [3.05, 3.63) is 83.5 Å². The number of amides is 1. The highest BCUT2D eigenvalue weighted by atomic mass is 32.1. The minimum atomic E-state index is -0.320. The van der Waals surface area contributed by atoms with Crippen LogP contribution >= 0.6 is 11.3 Å². The molecule has 9 heteroatoms. The largest absolute Gasteiger partial charge is 0.282 e. The van der Waals surface area contributed by atoms with Gasteiger partial charge in [-0.15, -0.1) is 16.4 Å². The number of carbonyl (C=O) groups is 1. The van der Waals surface area contributed by atoms with E-state index < -0.39 is 0 Å². The highest BCUT2D eigenvalue weighted by Gasteiger charge is 2.21. The lowest BCUT2D eigenvalue weighted by atomic mass is 10.2. The molecule has 30 heavy (non-hydrogen) atoms. The van der Waals surface area contributed by atoms with Gasteiger partial charge in [0.15, 0.2) is 5.13 Å². The molecule has 0 bridgehead atoms. The molecule has 2 aromatic heterocycles. The van der Waals surface area contributed by atoms with Gasteiger partial charge in [-0.2, -0.15) is 5.26 Å². The molecule has 0 aliphatic rings. The third kappa shape index (κ3) is 4.39. The predicted molar refractivity (Wildman–Crippen MR) is 110 cm³/mol. The van der Waals surface area contributed by atoms with E-state index in [2.05, 4.69) is 15.1 Å². The Bertz CT molecular complexity index is 1200. The van der Waals surface area contributed by atoms with Crippen molar-refractivity contribution in [2.75, 3.05) is 4.90 Å². The van der Waals surface area contributed by atoms with Gasteiger partial charge in [0.25, 0.3) is 11.7 Å². The maximum Gasteiger partial charge on any atom is 0.252 e. The number of rotatable bonds is 6. The van der Waals surface area contributed by atoms with Gasteiger partial charge in [0.05, 0.1) is 12.2 Å². The minimum Gasteiger partial charge on any atom is -0.282 e. The number of thiazole rings is 1. The topological polar surface area (TPSA) is 87.7 Å². The molecule has 0 saturated heterocycles.